The van der Waals surface area contributed by atoms with Crippen molar-refractivity contribution in [1.29, 1.82) is 0 Å². The average Bonchev–Trinajstić information content (AvgIpc) is 2.51. The van der Waals surface area contributed by atoms with Crippen LogP contribution in [0, 0.1) is 0 Å². The van der Waals surface area contributed by atoms with Crippen LogP contribution in [0.15, 0.2) is 42.5 Å². The molecular weight excluding hydrogens is 262 g/mol. The first-order chi connectivity index (χ1) is 10.2. The summed E-state index contributed by atoms with van der Waals surface area (Å²) >= 11 is 0. The van der Waals surface area contributed by atoms with Crippen molar-refractivity contribution in [2.45, 2.75) is 18.9 Å². The summed E-state index contributed by atoms with van der Waals surface area (Å²) in [5.41, 5.74) is 3.81. The third kappa shape index (κ3) is 2.74. The van der Waals surface area contributed by atoms with Crippen molar-refractivity contribution in [2.75, 3.05) is 20.7 Å². The van der Waals surface area contributed by atoms with Crippen molar-refractivity contribution in [2.24, 2.45) is 0 Å². The van der Waals surface area contributed by atoms with Crippen LogP contribution in [0.3, 0.4) is 0 Å². The van der Waals surface area contributed by atoms with Gasteiger partial charge in [0.05, 0.1) is 7.11 Å². The van der Waals surface area contributed by atoms with Gasteiger partial charge in [-0.3, -0.25) is 4.90 Å². The number of likely N-dealkylation sites (N-methyl/N-ethyl adjacent to an activating group) is 1. The molecule has 3 nitrogen and oxygen atoms in total. The Labute approximate surface area is 125 Å². The zero-order valence-electron chi connectivity index (χ0n) is 12.5. The maximum Gasteiger partial charge on any atom is 0.160 e. The van der Waals surface area contributed by atoms with Crippen LogP contribution in [0.25, 0.3) is 0 Å². The van der Waals surface area contributed by atoms with E-state index in [1.165, 1.54) is 16.7 Å². The van der Waals surface area contributed by atoms with Gasteiger partial charge >= 0.3 is 0 Å². The first kappa shape index (κ1) is 14.0. The van der Waals surface area contributed by atoms with Crippen molar-refractivity contribution in [3.8, 4) is 11.5 Å². The summed E-state index contributed by atoms with van der Waals surface area (Å²) in [6.45, 7) is 1.03. The Kier molecular flexibility index (Phi) is 3.84. The Morgan fingerprint density at radius 3 is 2.71 bits per heavy atom. The molecule has 0 radical (unpaired) electrons. The van der Waals surface area contributed by atoms with Crippen LogP contribution in [0.5, 0.6) is 11.5 Å². The number of fused-ring (bicyclic) bond motifs is 1. The van der Waals surface area contributed by atoms with E-state index in [1.807, 2.05) is 18.2 Å². The van der Waals surface area contributed by atoms with Crippen molar-refractivity contribution in [3.63, 3.8) is 0 Å². The lowest BCUT2D eigenvalue weighted by Gasteiger charge is -2.35. The van der Waals surface area contributed by atoms with Crippen LogP contribution < -0.4 is 4.74 Å². The summed E-state index contributed by atoms with van der Waals surface area (Å²) in [7, 11) is 3.75. The first-order valence-electron chi connectivity index (χ1n) is 7.33. The monoisotopic (exact) mass is 283 g/mol. The molecule has 0 spiro atoms. The largest absolute Gasteiger partial charge is 0.504 e. The fourth-order valence-corrected chi connectivity index (χ4v) is 3.11. The predicted molar refractivity (Wildman–Crippen MR) is 83.9 cm³/mol. The van der Waals surface area contributed by atoms with Crippen LogP contribution in [0.1, 0.15) is 22.7 Å². The average molecular weight is 283 g/mol. The van der Waals surface area contributed by atoms with Gasteiger partial charge in [0.25, 0.3) is 0 Å². The molecule has 2 aromatic rings. The molecule has 1 aliphatic rings. The van der Waals surface area contributed by atoms with Crippen LogP contribution in [-0.4, -0.2) is 30.7 Å². The zero-order chi connectivity index (χ0) is 14.8. The van der Waals surface area contributed by atoms with E-state index in [0.717, 1.165) is 19.4 Å². The molecule has 0 aromatic heterocycles. The molecule has 0 saturated heterocycles. The molecule has 1 N–H and O–H groups in total. The van der Waals surface area contributed by atoms with Gasteiger partial charge < -0.3 is 9.84 Å². The molecule has 0 aliphatic carbocycles. The van der Waals surface area contributed by atoms with E-state index in [1.54, 1.807) is 7.11 Å². The Hall–Kier alpha value is -2.00. The Bertz CT molecular complexity index is 625. The molecule has 0 fully saturated rings. The summed E-state index contributed by atoms with van der Waals surface area (Å²) in [4.78, 5) is 2.36. The van der Waals surface area contributed by atoms with Gasteiger partial charge in [0, 0.05) is 12.6 Å². The van der Waals surface area contributed by atoms with E-state index in [2.05, 4.69) is 36.2 Å². The Morgan fingerprint density at radius 2 is 2.00 bits per heavy atom. The van der Waals surface area contributed by atoms with Gasteiger partial charge in [-0.1, -0.05) is 30.3 Å². The minimum Gasteiger partial charge on any atom is -0.504 e. The number of phenols is 1. The number of aromatic hydroxyl groups is 1. The maximum atomic E-state index is 10.1. The number of hydrogen-bond donors (Lipinski definition) is 1. The van der Waals surface area contributed by atoms with Crippen LogP contribution >= 0.6 is 0 Å². The summed E-state index contributed by atoms with van der Waals surface area (Å²) < 4.78 is 5.23. The van der Waals surface area contributed by atoms with E-state index < -0.39 is 0 Å². The summed E-state index contributed by atoms with van der Waals surface area (Å²) in [6.07, 6.45) is 1.95. The molecule has 110 valence electrons. The standard InChI is InChI=1S/C18H21NO2/c1-19-9-8-14-11-18(21-2)17(20)12-15(14)16(19)10-13-6-4-3-5-7-13/h3-7,11-12,16,20H,8-10H2,1-2H3/t16-/m1/s1. The normalized spacial score (nSPS) is 18.3. The predicted octanol–water partition coefficient (Wildman–Crippen LogP) is 3.17. The number of hydrogen-bond acceptors (Lipinski definition) is 3. The SMILES string of the molecule is COc1cc2c(cc1O)[C@@H](Cc1ccccc1)N(C)CC2. The van der Waals surface area contributed by atoms with Crippen LogP contribution in [-0.2, 0) is 12.8 Å². The van der Waals surface area contributed by atoms with E-state index in [0.29, 0.717) is 11.8 Å². The smallest absolute Gasteiger partial charge is 0.160 e. The second-order valence-electron chi connectivity index (χ2n) is 5.66. The van der Waals surface area contributed by atoms with Gasteiger partial charge in [0.1, 0.15) is 0 Å². The van der Waals surface area contributed by atoms with Gasteiger partial charge in [-0.2, -0.15) is 0 Å². The Morgan fingerprint density at radius 1 is 1.24 bits per heavy atom. The fraction of sp³-hybridized carbons (Fsp3) is 0.333. The molecule has 0 amide bonds. The van der Waals surface area contributed by atoms with Gasteiger partial charge in [0.15, 0.2) is 11.5 Å². The van der Waals surface area contributed by atoms with Crippen LogP contribution in [0.4, 0.5) is 0 Å². The van der Waals surface area contributed by atoms with Crippen molar-refractivity contribution in [3.05, 3.63) is 59.2 Å². The number of ether oxygens (including phenoxy) is 1. The van der Waals surface area contributed by atoms with Gasteiger partial charge in [0.2, 0.25) is 0 Å². The molecule has 1 heterocycles. The highest BCUT2D eigenvalue weighted by Gasteiger charge is 2.26. The highest BCUT2D eigenvalue weighted by atomic mass is 16.5. The minimum absolute atomic E-state index is 0.226. The number of phenolic OH excluding ortho intramolecular Hbond substituents is 1. The lowest BCUT2D eigenvalue weighted by Crippen LogP contribution is -2.33. The molecule has 2 aromatic carbocycles. The van der Waals surface area contributed by atoms with Crippen LogP contribution in [0.2, 0.25) is 0 Å². The lowest BCUT2D eigenvalue weighted by atomic mass is 9.88. The topological polar surface area (TPSA) is 32.7 Å². The van der Waals surface area contributed by atoms with Gasteiger partial charge in [-0.25, -0.2) is 0 Å². The molecule has 0 unspecified atom stereocenters. The van der Waals surface area contributed by atoms with E-state index in [9.17, 15) is 5.11 Å². The van der Waals surface area contributed by atoms with Crippen molar-refractivity contribution in [1.82, 2.24) is 4.90 Å². The molecule has 0 bridgehead atoms. The highest BCUT2D eigenvalue weighted by molar-refractivity contribution is 5.49. The van der Waals surface area contributed by atoms with E-state index in [-0.39, 0.29) is 5.75 Å². The minimum atomic E-state index is 0.226. The van der Waals surface area contributed by atoms with Crippen molar-refractivity contribution >= 4 is 0 Å². The molecule has 3 rings (SSSR count). The maximum absolute atomic E-state index is 10.1. The third-order valence-electron chi connectivity index (χ3n) is 4.34. The number of benzene rings is 2. The van der Waals surface area contributed by atoms with E-state index in [4.69, 9.17) is 4.74 Å². The van der Waals surface area contributed by atoms with Crippen molar-refractivity contribution < 1.29 is 9.84 Å². The molecule has 21 heavy (non-hydrogen) atoms. The second-order valence-corrected chi connectivity index (χ2v) is 5.66. The van der Waals surface area contributed by atoms with Gasteiger partial charge in [-0.05, 0) is 48.7 Å². The summed E-state index contributed by atoms with van der Waals surface area (Å²) in [5.74, 6) is 0.793. The van der Waals surface area contributed by atoms with E-state index >= 15 is 0 Å². The molecule has 1 aliphatic heterocycles. The first-order valence-corrected chi connectivity index (χ1v) is 7.33. The quantitative estimate of drug-likeness (QED) is 0.939. The second kappa shape index (κ2) is 5.78. The summed E-state index contributed by atoms with van der Waals surface area (Å²) in [5, 5.41) is 10.1. The fourth-order valence-electron chi connectivity index (χ4n) is 3.11. The number of methoxy groups -OCH3 is 1. The summed E-state index contributed by atoms with van der Waals surface area (Å²) in [6, 6.07) is 14.7. The Balaban J connectivity index is 1.97. The highest BCUT2D eigenvalue weighted by Crippen LogP contribution is 2.38. The third-order valence-corrected chi connectivity index (χ3v) is 4.34. The molecule has 1 atom stereocenters. The molecule has 0 saturated carbocycles. The molecular formula is C18H21NO2. The molecule has 3 heteroatoms. The number of nitrogens with zero attached hydrogens (tertiary/aromatic N) is 1. The lowest BCUT2D eigenvalue weighted by molar-refractivity contribution is 0.228. The van der Waals surface area contributed by atoms with Gasteiger partial charge in [-0.15, -0.1) is 0 Å². The number of rotatable bonds is 3. The zero-order valence-corrected chi connectivity index (χ0v) is 12.5.